The highest BCUT2D eigenvalue weighted by Crippen LogP contribution is 2.18. The summed E-state index contributed by atoms with van der Waals surface area (Å²) in [6.07, 6.45) is 1.17. The minimum absolute atomic E-state index is 0.133. The molecule has 0 aromatic heterocycles. The lowest BCUT2D eigenvalue weighted by molar-refractivity contribution is 0.0939. The summed E-state index contributed by atoms with van der Waals surface area (Å²) in [5, 5.41) is 2.95. The van der Waals surface area contributed by atoms with Crippen molar-refractivity contribution in [1.29, 1.82) is 0 Å². The largest absolute Gasteiger partial charge is 0.346 e. The Labute approximate surface area is 137 Å². The van der Waals surface area contributed by atoms with Gasteiger partial charge >= 0.3 is 0 Å². The van der Waals surface area contributed by atoms with Gasteiger partial charge in [0.25, 0.3) is 5.91 Å². The predicted molar refractivity (Wildman–Crippen MR) is 91.3 cm³/mol. The van der Waals surface area contributed by atoms with Gasteiger partial charge in [-0.05, 0) is 50.1 Å². The number of aryl methyl sites for hydroxylation is 2. The maximum Gasteiger partial charge on any atom is 0.252 e. The predicted octanol–water partition coefficient (Wildman–Crippen LogP) is 3.20. The molecule has 4 nitrogen and oxygen atoms in total. The smallest absolute Gasteiger partial charge is 0.252 e. The number of benzene rings is 2. The van der Waals surface area contributed by atoms with E-state index in [0.29, 0.717) is 5.56 Å². The zero-order valence-corrected chi connectivity index (χ0v) is 14.6. The molecule has 0 saturated heterocycles. The molecule has 122 valence electrons. The first kappa shape index (κ1) is 17.2. The van der Waals surface area contributed by atoms with Crippen molar-refractivity contribution < 1.29 is 13.2 Å². The topological polar surface area (TPSA) is 63.2 Å². The van der Waals surface area contributed by atoms with E-state index in [0.717, 1.165) is 16.7 Å². The molecule has 2 aromatic rings. The molecule has 2 aromatic carbocycles. The van der Waals surface area contributed by atoms with Crippen LogP contribution in [0.4, 0.5) is 0 Å². The van der Waals surface area contributed by atoms with Gasteiger partial charge in [-0.25, -0.2) is 8.42 Å². The molecule has 0 radical (unpaired) electrons. The van der Waals surface area contributed by atoms with Crippen LogP contribution in [-0.2, 0) is 9.84 Å². The average Bonchev–Trinajstić information content (AvgIpc) is 2.48. The van der Waals surface area contributed by atoms with Crippen molar-refractivity contribution in [3.63, 3.8) is 0 Å². The SMILES string of the molecule is Cc1ccc(C)c(C(=O)NC(C)c2ccc(S(C)(=O)=O)cc2)c1. The van der Waals surface area contributed by atoms with Crippen LogP contribution in [0.25, 0.3) is 0 Å². The molecule has 1 amide bonds. The molecule has 0 aliphatic heterocycles. The fourth-order valence-electron chi connectivity index (χ4n) is 2.34. The van der Waals surface area contributed by atoms with Gasteiger partial charge in [0.1, 0.15) is 0 Å². The van der Waals surface area contributed by atoms with Gasteiger partial charge in [-0.15, -0.1) is 0 Å². The minimum Gasteiger partial charge on any atom is -0.346 e. The maximum absolute atomic E-state index is 12.4. The standard InChI is InChI=1S/C18H21NO3S/c1-12-5-6-13(2)17(11-12)18(20)19-14(3)15-7-9-16(10-8-15)23(4,21)22/h5-11,14H,1-4H3,(H,19,20). The monoisotopic (exact) mass is 331 g/mol. The van der Waals surface area contributed by atoms with Gasteiger partial charge in [0.2, 0.25) is 0 Å². The Kier molecular flexibility index (Phi) is 4.90. The van der Waals surface area contributed by atoms with Crippen molar-refractivity contribution in [3.05, 3.63) is 64.7 Å². The van der Waals surface area contributed by atoms with E-state index < -0.39 is 9.84 Å². The number of sulfone groups is 1. The summed E-state index contributed by atoms with van der Waals surface area (Å²) in [6, 6.07) is 12.1. The lowest BCUT2D eigenvalue weighted by Gasteiger charge is -2.16. The Hall–Kier alpha value is -2.14. The number of hydrogen-bond acceptors (Lipinski definition) is 3. The summed E-state index contributed by atoms with van der Waals surface area (Å²) in [5.74, 6) is -0.133. The third kappa shape index (κ3) is 4.20. The molecule has 0 aliphatic carbocycles. The molecule has 0 spiro atoms. The van der Waals surface area contributed by atoms with Gasteiger partial charge in [-0.3, -0.25) is 4.79 Å². The second-order valence-electron chi connectivity index (χ2n) is 5.85. The fourth-order valence-corrected chi connectivity index (χ4v) is 2.97. The number of hydrogen-bond donors (Lipinski definition) is 1. The van der Waals surface area contributed by atoms with E-state index >= 15 is 0 Å². The van der Waals surface area contributed by atoms with Gasteiger partial charge in [-0.2, -0.15) is 0 Å². The zero-order valence-electron chi connectivity index (χ0n) is 13.8. The molecule has 0 heterocycles. The van der Waals surface area contributed by atoms with Crippen LogP contribution in [0.1, 0.15) is 40.0 Å². The molecule has 1 N–H and O–H groups in total. The molecule has 0 aliphatic rings. The molecule has 1 unspecified atom stereocenters. The van der Waals surface area contributed by atoms with Crippen LogP contribution in [0.3, 0.4) is 0 Å². The molecule has 0 fully saturated rings. The van der Waals surface area contributed by atoms with Gasteiger partial charge in [0.05, 0.1) is 10.9 Å². The van der Waals surface area contributed by atoms with Crippen LogP contribution >= 0.6 is 0 Å². The first-order chi connectivity index (χ1) is 10.7. The summed E-state index contributed by atoms with van der Waals surface area (Å²) in [6.45, 7) is 5.72. The number of carbonyl (C=O) groups excluding carboxylic acids is 1. The lowest BCUT2D eigenvalue weighted by atomic mass is 10.0. The Balaban J connectivity index is 2.17. The minimum atomic E-state index is -3.21. The van der Waals surface area contributed by atoms with Crippen molar-refractivity contribution in [2.24, 2.45) is 0 Å². The van der Waals surface area contributed by atoms with Crippen molar-refractivity contribution in [3.8, 4) is 0 Å². The highest BCUT2D eigenvalue weighted by atomic mass is 32.2. The summed E-state index contributed by atoms with van der Waals surface area (Å²) in [7, 11) is -3.21. The Bertz CT molecular complexity index is 824. The molecule has 1 atom stereocenters. The average molecular weight is 331 g/mol. The zero-order chi connectivity index (χ0) is 17.2. The Morgan fingerprint density at radius 2 is 1.65 bits per heavy atom. The third-order valence-corrected chi connectivity index (χ3v) is 4.92. The van der Waals surface area contributed by atoms with Crippen molar-refractivity contribution in [1.82, 2.24) is 5.32 Å². The molecular formula is C18H21NO3S. The number of carbonyl (C=O) groups is 1. The van der Waals surface area contributed by atoms with Gasteiger partial charge in [0.15, 0.2) is 9.84 Å². The molecular weight excluding hydrogens is 310 g/mol. The van der Waals surface area contributed by atoms with Crippen LogP contribution < -0.4 is 5.32 Å². The molecule has 5 heteroatoms. The first-order valence-electron chi connectivity index (χ1n) is 7.36. The molecule has 2 rings (SSSR count). The van der Waals surface area contributed by atoms with Crippen molar-refractivity contribution in [2.75, 3.05) is 6.26 Å². The van der Waals surface area contributed by atoms with Gasteiger partial charge in [0, 0.05) is 11.8 Å². The molecule has 0 saturated carbocycles. The second-order valence-corrected chi connectivity index (χ2v) is 7.87. The van der Waals surface area contributed by atoms with Crippen LogP contribution in [0.2, 0.25) is 0 Å². The van der Waals surface area contributed by atoms with E-state index in [1.807, 2.05) is 39.0 Å². The maximum atomic E-state index is 12.4. The lowest BCUT2D eigenvalue weighted by Crippen LogP contribution is -2.27. The summed E-state index contributed by atoms with van der Waals surface area (Å²) in [5.41, 5.74) is 3.47. The number of nitrogens with one attached hydrogen (secondary N) is 1. The number of rotatable bonds is 4. The summed E-state index contributed by atoms with van der Waals surface area (Å²) >= 11 is 0. The van der Waals surface area contributed by atoms with E-state index in [2.05, 4.69) is 5.32 Å². The van der Waals surface area contributed by atoms with Crippen LogP contribution in [-0.4, -0.2) is 20.6 Å². The van der Waals surface area contributed by atoms with E-state index in [9.17, 15) is 13.2 Å². The Morgan fingerprint density at radius 1 is 1.04 bits per heavy atom. The Morgan fingerprint density at radius 3 is 2.22 bits per heavy atom. The van der Waals surface area contributed by atoms with E-state index in [4.69, 9.17) is 0 Å². The van der Waals surface area contributed by atoms with Crippen LogP contribution in [0.5, 0.6) is 0 Å². The van der Waals surface area contributed by atoms with Crippen molar-refractivity contribution in [2.45, 2.75) is 31.7 Å². The second kappa shape index (κ2) is 6.54. The van der Waals surface area contributed by atoms with Crippen molar-refractivity contribution >= 4 is 15.7 Å². The first-order valence-corrected chi connectivity index (χ1v) is 9.26. The molecule has 0 bridgehead atoms. The van der Waals surface area contributed by atoms with E-state index in [1.165, 1.54) is 6.26 Å². The summed E-state index contributed by atoms with van der Waals surface area (Å²) in [4.78, 5) is 12.7. The van der Waals surface area contributed by atoms with Crippen LogP contribution in [0, 0.1) is 13.8 Å². The molecule has 23 heavy (non-hydrogen) atoms. The third-order valence-electron chi connectivity index (χ3n) is 3.79. The van der Waals surface area contributed by atoms with E-state index in [1.54, 1.807) is 24.3 Å². The quantitative estimate of drug-likeness (QED) is 0.936. The normalized spacial score (nSPS) is 12.7. The fraction of sp³-hybridized carbons (Fsp3) is 0.278. The highest BCUT2D eigenvalue weighted by Gasteiger charge is 2.14. The summed E-state index contributed by atoms with van der Waals surface area (Å²) < 4.78 is 23.0. The van der Waals surface area contributed by atoms with Gasteiger partial charge in [-0.1, -0.05) is 29.8 Å². The van der Waals surface area contributed by atoms with E-state index in [-0.39, 0.29) is 16.8 Å². The van der Waals surface area contributed by atoms with Gasteiger partial charge < -0.3 is 5.32 Å². The highest BCUT2D eigenvalue weighted by molar-refractivity contribution is 7.90. The van der Waals surface area contributed by atoms with Crippen LogP contribution in [0.15, 0.2) is 47.4 Å². The number of amides is 1.